The van der Waals surface area contributed by atoms with Gasteiger partial charge in [-0.05, 0) is 92.9 Å². The van der Waals surface area contributed by atoms with Crippen LogP contribution in [-0.4, -0.2) is 52.7 Å². The molecule has 0 radical (unpaired) electrons. The van der Waals surface area contributed by atoms with Crippen molar-refractivity contribution in [2.24, 2.45) is 0 Å². The highest BCUT2D eigenvalue weighted by Crippen LogP contribution is 2.20. The summed E-state index contributed by atoms with van der Waals surface area (Å²) in [6, 6.07) is 13.9. The van der Waals surface area contributed by atoms with Crippen molar-refractivity contribution < 1.29 is 4.74 Å². The second-order valence-corrected chi connectivity index (χ2v) is 8.82. The number of thiocarbonyl (C=S) groups is 1. The summed E-state index contributed by atoms with van der Waals surface area (Å²) >= 11 is 5.80. The minimum atomic E-state index is -0.0714. The molecule has 0 aliphatic rings. The van der Waals surface area contributed by atoms with Crippen LogP contribution >= 0.6 is 12.2 Å². The average Bonchev–Trinajstić information content (AvgIpc) is 2.83. The van der Waals surface area contributed by atoms with Gasteiger partial charge in [-0.15, -0.1) is 0 Å². The maximum absolute atomic E-state index is 13.0. The topological polar surface area (TPSA) is 60.6 Å². The van der Waals surface area contributed by atoms with Crippen LogP contribution in [0.25, 0.3) is 10.9 Å². The fraction of sp³-hybridized carbons (Fsp3) is 0.407. The van der Waals surface area contributed by atoms with Gasteiger partial charge in [0, 0.05) is 24.3 Å². The van der Waals surface area contributed by atoms with Gasteiger partial charge >= 0.3 is 0 Å². The number of pyridine rings is 1. The number of ether oxygens (including phenoxy) is 1. The lowest BCUT2D eigenvalue weighted by molar-refractivity contribution is 0.266. The first kappa shape index (κ1) is 25.7. The molecule has 3 rings (SSSR count). The van der Waals surface area contributed by atoms with E-state index in [4.69, 9.17) is 17.0 Å². The highest BCUT2D eigenvalue weighted by Gasteiger charge is 2.15. The maximum Gasteiger partial charge on any atom is 0.253 e. The summed E-state index contributed by atoms with van der Waals surface area (Å²) in [6.45, 7) is 15.0. The van der Waals surface area contributed by atoms with Crippen molar-refractivity contribution in [3.05, 3.63) is 69.5 Å². The van der Waals surface area contributed by atoms with Gasteiger partial charge < -0.3 is 24.8 Å². The van der Waals surface area contributed by atoms with Crippen molar-refractivity contribution in [2.45, 2.75) is 41.2 Å². The largest absolute Gasteiger partial charge is 0.494 e. The molecule has 7 heteroatoms. The standard InChI is InChI=1S/C27H36N4O2S/c1-6-30(7-2)15-16-31(27(34)28-23-11-13-24(14-12-23)33-8-3)18-22-17-21-10-9-19(4)20(5)25(21)29-26(22)32/h9-14,17H,6-8,15-16,18H2,1-5H3,(H,28,34)(H,29,32). The number of rotatable bonds is 10. The van der Waals surface area contributed by atoms with Crippen LogP contribution in [0.4, 0.5) is 5.69 Å². The Morgan fingerprint density at radius 1 is 1.03 bits per heavy atom. The van der Waals surface area contributed by atoms with E-state index in [-0.39, 0.29) is 5.56 Å². The second-order valence-electron chi connectivity index (χ2n) is 8.43. The number of fused-ring (bicyclic) bond motifs is 1. The number of aromatic nitrogens is 1. The van der Waals surface area contributed by atoms with Gasteiger partial charge in [-0.3, -0.25) is 4.79 Å². The van der Waals surface area contributed by atoms with Crippen molar-refractivity contribution in [1.82, 2.24) is 14.8 Å². The molecule has 0 unspecified atom stereocenters. The smallest absolute Gasteiger partial charge is 0.253 e. The lowest BCUT2D eigenvalue weighted by atomic mass is 10.0. The summed E-state index contributed by atoms with van der Waals surface area (Å²) in [7, 11) is 0. The number of benzene rings is 2. The first-order valence-corrected chi connectivity index (χ1v) is 12.4. The SMILES string of the molecule is CCOc1ccc(NC(=S)N(CCN(CC)CC)Cc2cc3ccc(C)c(C)c3[nH]c2=O)cc1. The third-order valence-electron chi connectivity index (χ3n) is 6.27. The molecule has 0 fully saturated rings. The van der Waals surface area contributed by atoms with Crippen molar-refractivity contribution >= 4 is 33.9 Å². The van der Waals surface area contributed by atoms with Crippen LogP contribution in [0.1, 0.15) is 37.5 Å². The van der Waals surface area contributed by atoms with Gasteiger partial charge in [-0.2, -0.15) is 0 Å². The van der Waals surface area contributed by atoms with Crippen molar-refractivity contribution in [2.75, 3.05) is 38.1 Å². The Morgan fingerprint density at radius 3 is 2.38 bits per heavy atom. The quantitative estimate of drug-likeness (QED) is 0.395. The monoisotopic (exact) mass is 480 g/mol. The fourth-order valence-corrected chi connectivity index (χ4v) is 4.22. The molecule has 0 saturated carbocycles. The molecular formula is C27H36N4O2S. The summed E-state index contributed by atoms with van der Waals surface area (Å²) in [6.07, 6.45) is 0. The van der Waals surface area contributed by atoms with E-state index in [0.717, 1.165) is 59.6 Å². The molecule has 0 aliphatic carbocycles. The summed E-state index contributed by atoms with van der Waals surface area (Å²) in [4.78, 5) is 20.5. The van der Waals surface area contributed by atoms with Crippen molar-refractivity contribution in [1.29, 1.82) is 0 Å². The van der Waals surface area contributed by atoms with E-state index in [2.05, 4.69) is 53.0 Å². The van der Waals surface area contributed by atoms with Crippen molar-refractivity contribution in [3.8, 4) is 5.75 Å². The van der Waals surface area contributed by atoms with Gasteiger partial charge in [0.2, 0.25) is 0 Å². The molecule has 0 bridgehead atoms. The Morgan fingerprint density at radius 2 is 1.74 bits per heavy atom. The van der Waals surface area contributed by atoms with Gasteiger partial charge in [0.25, 0.3) is 5.56 Å². The van der Waals surface area contributed by atoms with Crippen LogP contribution in [-0.2, 0) is 6.54 Å². The van der Waals surface area contributed by atoms with E-state index in [0.29, 0.717) is 23.8 Å². The third kappa shape index (κ3) is 6.36. The average molecular weight is 481 g/mol. The summed E-state index contributed by atoms with van der Waals surface area (Å²) in [5.74, 6) is 0.825. The molecule has 34 heavy (non-hydrogen) atoms. The number of hydrogen-bond acceptors (Lipinski definition) is 4. The Bertz CT molecular complexity index is 1170. The zero-order valence-corrected chi connectivity index (χ0v) is 21.7. The van der Waals surface area contributed by atoms with Crippen LogP contribution in [0.2, 0.25) is 0 Å². The minimum Gasteiger partial charge on any atom is -0.494 e. The van der Waals surface area contributed by atoms with Gasteiger partial charge in [0.05, 0.1) is 18.7 Å². The lowest BCUT2D eigenvalue weighted by Crippen LogP contribution is -2.41. The molecule has 1 heterocycles. The van der Waals surface area contributed by atoms with Crippen LogP contribution in [0.5, 0.6) is 5.75 Å². The second kappa shape index (κ2) is 12.0. The van der Waals surface area contributed by atoms with Crippen LogP contribution in [0.15, 0.2) is 47.3 Å². The molecule has 0 saturated heterocycles. The summed E-state index contributed by atoms with van der Waals surface area (Å²) in [5, 5.41) is 4.96. The third-order valence-corrected chi connectivity index (χ3v) is 6.63. The predicted molar refractivity (Wildman–Crippen MR) is 146 cm³/mol. The maximum atomic E-state index is 13.0. The molecule has 1 aromatic heterocycles. The number of likely N-dealkylation sites (N-methyl/N-ethyl adjacent to an activating group) is 1. The number of H-pyrrole nitrogens is 1. The Balaban J connectivity index is 1.85. The highest BCUT2D eigenvalue weighted by atomic mass is 32.1. The normalized spacial score (nSPS) is 11.1. The van der Waals surface area contributed by atoms with E-state index in [1.165, 1.54) is 0 Å². The molecule has 0 aliphatic heterocycles. The Hall–Kier alpha value is -2.90. The highest BCUT2D eigenvalue weighted by molar-refractivity contribution is 7.80. The lowest BCUT2D eigenvalue weighted by Gasteiger charge is -2.29. The molecular weight excluding hydrogens is 444 g/mol. The Labute approximate surface area is 207 Å². The molecule has 2 aromatic carbocycles. The van der Waals surface area contributed by atoms with Crippen LogP contribution in [0.3, 0.4) is 0 Å². The van der Waals surface area contributed by atoms with Crippen LogP contribution < -0.4 is 15.6 Å². The Kier molecular flexibility index (Phi) is 9.07. The summed E-state index contributed by atoms with van der Waals surface area (Å²) < 4.78 is 5.53. The number of nitrogens with one attached hydrogen (secondary N) is 2. The van der Waals surface area contributed by atoms with Gasteiger partial charge in [-0.1, -0.05) is 26.0 Å². The molecule has 3 aromatic rings. The fourth-order valence-electron chi connectivity index (χ4n) is 3.95. The molecule has 2 N–H and O–H groups in total. The number of hydrogen-bond donors (Lipinski definition) is 2. The van der Waals surface area contributed by atoms with E-state index in [1.807, 2.05) is 44.2 Å². The number of aromatic amines is 1. The predicted octanol–water partition coefficient (Wildman–Crippen LogP) is 5.08. The van der Waals surface area contributed by atoms with Gasteiger partial charge in [0.1, 0.15) is 5.75 Å². The number of anilines is 1. The van der Waals surface area contributed by atoms with Crippen molar-refractivity contribution in [3.63, 3.8) is 0 Å². The van der Waals surface area contributed by atoms with E-state index < -0.39 is 0 Å². The molecule has 182 valence electrons. The number of nitrogens with zero attached hydrogens (tertiary/aromatic N) is 2. The summed E-state index contributed by atoms with van der Waals surface area (Å²) in [5.41, 5.74) is 4.69. The zero-order chi connectivity index (χ0) is 24.7. The first-order chi connectivity index (χ1) is 16.4. The zero-order valence-electron chi connectivity index (χ0n) is 20.9. The number of aryl methyl sites for hydroxylation is 2. The van der Waals surface area contributed by atoms with Gasteiger partial charge in [0.15, 0.2) is 5.11 Å². The molecule has 0 spiro atoms. The van der Waals surface area contributed by atoms with E-state index in [9.17, 15) is 4.79 Å². The first-order valence-electron chi connectivity index (χ1n) is 12.0. The van der Waals surface area contributed by atoms with E-state index in [1.54, 1.807) is 0 Å². The van der Waals surface area contributed by atoms with Crippen LogP contribution in [0, 0.1) is 13.8 Å². The molecule has 6 nitrogen and oxygen atoms in total. The molecule has 0 amide bonds. The minimum absolute atomic E-state index is 0.0714. The van der Waals surface area contributed by atoms with Gasteiger partial charge in [-0.25, -0.2) is 0 Å². The van der Waals surface area contributed by atoms with E-state index >= 15 is 0 Å². The molecule has 0 atom stereocenters.